The number of anilines is 1. The second-order valence-corrected chi connectivity index (χ2v) is 4.47. The van der Waals surface area contributed by atoms with Crippen molar-refractivity contribution in [3.63, 3.8) is 0 Å². The average molecular weight is 307 g/mol. The third-order valence-corrected chi connectivity index (χ3v) is 2.58. The fourth-order valence-corrected chi connectivity index (χ4v) is 1.61. The lowest BCUT2D eigenvalue weighted by molar-refractivity contribution is -0.384. The number of halogens is 3. The quantitative estimate of drug-likeness (QED) is 0.407. The maximum Gasteiger partial charge on any atom is 0.416 e. The molecular weight excluding hydrogens is 291 g/mol. The lowest BCUT2D eigenvalue weighted by Crippen LogP contribution is -2.29. The predicted molar refractivity (Wildman–Crippen MR) is 71.1 cm³/mol. The third kappa shape index (κ3) is 5.56. The lowest BCUT2D eigenvalue weighted by atomic mass is 10.1. The molecule has 0 unspecified atom stereocenters. The van der Waals surface area contributed by atoms with Gasteiger partial charge < -0.3 is 15.7 Å². The molecule has 1 atom stereocenters. The van der Waals surface area contributed by atoms with Gasteiger partial charge in [0.2, 0.25) is 0 Å². The second kappa shape index (κ2) is 7.23. The van der Waals surface area contributed by atoms with Crippen molar-refractivity contribution in [2.45, 2.75) is 19.2 Å². The number of alkyl halides is 3. The molecule has 9 heteroatoms. The molecular formula is C12H16F3N3O3. The Morgan fingerprint density at radius 3 is 2.57 bits per heavy atom. The van der Waals surface area contributed by atoms with Gasteiger partial charge in [-0.2, -0.15) is 13.2 Å². The van der Waals surface area contributed by atoms with Crippen molar-refractivity contribution in [2.24, 2.45) is 0 Å². The Balaban J connectivity index is 2.72. The molecule has 0 saturated heterocycles. The molecule has 0 heterocycles. The zero-order chi connectivity index (χ0) is 16.0. The molecule has 1 aromatic rings. The number of benzene rings is 1. The van der Waals surface area contributed by atoms with E-state index in [1.165, 1.54) is 0 Å². The first-order valence-electron chi connectivity index (χ1n) is 6.20. The Labute approximate surface area is 119 Å². The summed E-state index contributed by atoms with van der Waals surface area (Å²) in [4.78, 5) is 9.97. The Bertz CT molecular complexity index is 492. The van der Waals surface area contributed by atoms with E-state index in [1.54, 1.807) is 6.92 Å². The number of nitro groups is 1. The monoisotopic (exact) mass is 307 g/mol. The first-order valence-corrected chi connectivity index (χ1v) is 6.20. The highest BCUT2D eigenvalue weighted by atomic mass is 19.4. The number of nitrogens with one attached hydrogen (secondary N) is 2. The van der Waals surface area contributed by atoms with Gasteiger partial charge in [-0.1, -0.05) is 0 Å². The molecule has 0 aromatic heterocycles. The minimum atomic E-state index is -4.62. The van der Waals surface area contributed by atoms with E-state index in [-0.39, 0.29) is 12.2 Å². The molecule has 3 N–H and O–H groups in total. The van der Waals surface area contributed by atoms with Gasteiger partial charge in [0.15, 0.2) is 0 Å². The number of aliphatic hydroxyl groups excluding tert-OH is 1. The molecule has 1 aromatic carbocycles. The van der Waals surface area contributed by atoms with Gasteiger partial charge in [0, 0.05) is 25.7 Å². The van der Waals surface area contributed by atoms with Crippen LogP contribution in [0.2, 0.25) is 0 Å². The minimum absolute atomic E-state index is 0.0202. The van der Waals surface area contributed by atoms with Gasteiger partial charge in [0.05, 0.1) is 16.6 Å². The van der Waals surface area contributed by atoms with E-state index in [0.29, 0.717) is 19.2 Å². The molecule has 0 radical (unpaired) electrons. The summed E-state index contributed by atoms with van der Waals surface area (Å²) in [5, 5.41) is 25.4. The number of nitro benzene ring substituents is 1. The Morgan fingerprint density at radius 1 is 1.38 bits per heavy atom. The number of hydrogen-bond donors (Lipinski definition) is 3. The zero-order valence-electron chi connectivity index (χ0n) is 11.3. The maximum atomic E-state index is 12.5. The van der Waals surface area contributed by atoms with Gasteiger partial charge in [0.25, 0.3) is 5.69 Å². The van der Waals surface area contributed by atoms with E-state index >= 15 is 0 Å². The summed E-state index contributed by atoms with van der Waals surface area (Å²) in [5.41, 5.74) is -1.67. The summed E-state index contributed by atoms with van der Waals surface area (Å²) in [6.07, 6.45) is -5.15. The molecule has 21 heavy (non-hydrogen) atoms. The van der Waals surface area contributed by atoms with Crippen LogP contribution in [0.3, 0.4) is 0 Å². The molecule has 0 bridgehead atoms. The maximum absolute atomic E-state index is 12.5. The number of aliphatic hydroxyl groups is 1. The summed E-state index contributed by atoms with van der Waals surface area (Å²) in [5.74, 6) is 0. The largest absolute Gasteiger partial charge is 0.416 e. The molecule has 0 spiro atoms. The normalized spacial score (nSPS) is 13.0. The van der Waals surface area contributed by atoms with Gasteiger partial charge in [-0.15, -0.1) is 0 Å². The van der Waals surface area contributed by atoms with Crippen LogP contribution in [0, 0.1) is 10.1 Å². The highest BCUT2D eigenvalue weighted by Gasteiger charge is 2.32. The van der Waals surface area contributed by atoms with Crippen molar-refractivity contribution in [2.75, 3.05) is 25.0 Å². The van der Waals surface area contributed by atoms with E-state index in [2.05, 4.69) is 10.6 Å². The Morgan fingerprint density at radius 2 is 2.05 bits per heavy atom. The van der Waals surface area contributed by atoms with Crippen LogP contribution in [0.1, 0.15) is 12.5 Å². The van der Waals surface area contributed by atoms with Crippen LogP contribution >= 0.6 is 0 Å². The van der Waals surface area contributed by atoms with Crippen molar-refractivity contribution in [3.8, 4) is 0 Å². The zero-order valence-corrected chi connectivity index (χ0v) is 11.3. The van der Waals surface area contributed by atoms with E-state index in [0.717, 1.165) is 12.1 Å². The van der Waals surface area contributed by atoms with Crippen LogP contribution in [0.4, 0.5) is 24.5 Å². The predicted octanol–water partition coefficient (Wildman–Crippen LogP) is 2.00. The fraction of sp³-hybridized carbons (Fsp3) is 0.500. The third-order valence-electron chi connectivity index (χ3n) is 2.58. The van der Waals surface area contributed by atoms with E-state index in [1.807, 2.05) is 0 Å². The number of nitrogens with zero attached hydrogens (tertiary/aromatic N) is 1. The van der Waals surface area contributed by atoms with Gasteiger partial charge in [-0.25, -0.2) is 0 Å². The highest BCUT2D eigenvalue weighted by molar-refractivity contribution is 5.62. The van der Waals surface area contributed by atoms with Crippen LogP contribution in [0.15, 0.2) is 18.2 Å². The highest BCUT2D eigenvalue weighted by Crippen LogP contribution is 2.34. The SMILES string of the molecule is C[C@H](O)CNCCNc1ccc(C(F)(F)F)cc1[N+](=O)[O-]. The van der Waals surface area contributed by atoms with Crippen molar-refractivity contribution in [3.05, 3.63) is 33.9 Å². The molecule has 0 fully saturated rings. The van der Waals surface area contributed by atoms with E-state index in [4.69, 9.17) is 5.11 Å². The molecule has 6 nitrogen and oxygen atoms in total. The lowest BCUT2D eigenvalue weighted by Gasteiger charge is -2.11. The summed E-state index contributed by atoms with van der Waals surface area (Å²) >= 11 is 0. The van der Waals surface area contributed by atoms with Crippen LogP contribution in [0.5, 0.6) is 0 Å². The van der Waals surface area contributed by atoms with Gasteiger partial charge >= 0.3 is 6.18 Å². The molecule has 0 aliphatic carbocycles. The summed E-state index contributed by atoms with van der Waals surface area (Å²) in [6, 6.07) is 2.33. The standard InChI is InChI=1S/C12H16F3N3O3/c1-8(19)7-16-4-5-17-10-3-2-9(12(13,14)15)6-11(10)18(20)21/h2-3,6,8,16-17,19H,4-5,7H2,1H3/t8-/m0/s1. The topological polar surface area (TPSA) is 87.4 Å². The summed E-state index contributed by atoms with van der Waals surface area (Å²) in [7, 11) is 0. The Hall–Kier alpha value is -1.87. The van der Waals surface area contributed by atoms with Crippen molar-refractivity contribution < 1.29 is 23.2 Å². The van der Waals surface area contributed by atoms with Gasteiger partial charge in [0.1, 0.15) is 5.69 Å². The summed E-state index contributed by atoms with van der Waals surface area (Å²) < 4.78 is 37.5. The van der Waals surface area contributed by atoms with Crippen molar-refractivity contribution in [1.29, 1.82) is 0 Å². The van der Waals surface area contributed by atoms with Crippen LogP contribution in [0.25, 0.3) is 0 Å². The summed E-state index contributed by atoms with van der Waals surface area (Å²) in [6.45, 7) is 2.64. The molecule has 1 rings (SSSR count). The number of rotatable bonds is 7. The molecule has 118 valence electrons. The van der Waals surface area contributed by atoms with Crippen LogP contribution < -0.4 is 10.6 Å². The van der Waals surface area contributed by atoms with Crippen LogP contribution in [-0.4, -0.2) is 35.8 Å². The molecule has 0 amide bonds. The second-order valence-electron chi connectivity index (χ2n) is 4.47. The molecule has 0 aliphatic rings. The first-order chi connectivity index (χ1) is 9.71. The minimum Gasteiger partial charge on any atom is -0.392 e. The smallest absolute Gasteiger partial charge is 0.392 e. The Kier molecular flexibility index (Phi) is 5.91. The van der Waals surface area contributed by atoms with Gasteiger partial charge in [-0.05, 0) is 19.1 Å². The number of hydrogen-bond acceptors (Lipinski definition) is 5. The van der Waals surface area contributed by atoms with E-state index < -0.39 is 28.5 Å². The average Bonchev–Trinajstić information content (AvgIpc) is 2.36. The fourth-order valence-electron chi connectivity index (χ4n) is 1.61. The van der Waals surface area contributed by atoms with Crippen molar-refractivity contribution in [1.82, 2.24) is 5.32 Å². The first kappa shape index (κ1) is 17.2. The van der Waals surface area contributed by atoms with Gasteiger partial charge in [-0.3, -0.25) is 10.1 Å². The van der Waals surface area contributed by atoms with Crippen molar-refractivity contribution >= 4 is 11.4 Å². The molecule has 0 saturated carbocycles. The molecule has 0 aliphatic heterocycles. The van der Waals surface area contributed by atoms with Crippen LogP contribution in [-0.2, 0) is 6.18 Å². The van der Waals surface area contributed by atoms with E-state index in [9.17, 15) is 23.3 Å².